The van der Waals surface area contributed by atoms with Crippen molar-refractivity contribution in [3.8, 4) is 5.75 Å². The van der Waals surface area contributed by atoms with Gasteiger partial charge in [0, 0.05) is 21.8 Å². The highest BCUT2D eigenvalue weighted by atomic mass is 79.9. The van der Waals surface area contributed by atoms with E-state index in [1.54, 1.807) is 6.07 Å². The lowest BCUT2D eigenvalue weighted by atomic mass is 10.0. The van der Waals surface area contributed by atoms with Crippen LogP contribution in [-0.4, -0.2) is 14.9 Å². The van der Waals surface area contributed by atoms with Crippen molar-refractivity contribution in [2.24, 2.45) is 0 Å². The van der Waals surface area contributed by atoms with Crippen LogP contribution >= 0.6 is 15.9 Å². The minimum Gasteiger partial charge on any atom is -0.508 e. The van der Waals surface area contributed by atoms with Crippen molar-refractivity contribution in [2.75, 3.05) is 0 Å². The van der Waals surface area contributed by atoms with Crippen LogP contribution in [0.3, 0.4) is 0 Å². The number of aromatic hydroxyl groups is 1. The molecule has 1 saturated carbocycles. The summed E-state index contributed by atoms with van der Waals surface area (Å²) < 4.78 is 3.11. The Labute approximate surface area is 144 Å². The second-order valence-electron chi connectivity index (χ2n) is 6.35. The number of benzene rings is 2. The number of phenolic OH excluding ortho intramolecular Hbond substituents is 1. The highest BCUT2D eigenvalue weighted by Crippen LogP contribution is 2.37. The van der Waals surface area contributed by atoms with E-state index in [-0.39, 0.29) is 0 Å². The predicted molar refractivity (Wildman–Crippen MR) is 95.9 cm³/mol. The van der Waals surface area contributed by atoms with Crippen molar-refractivity contribution in [2.45, 2.75) is 38.1 Å². The van der Waals surface area contributed by atoms with Gasteiger partial charge >= 0.3 is 0 Å². The Morgan fingerprint density at radius 3 is 2.57 bits per heavy atom. The van der Waals surface area contributed by atoms with Crippen LogP contribution in [0, 0.1) is 0 Å². The van der Waals surface area contributed by atoms with Crippen LogP contribution in [0.1, 0.15) is 42.9 Å². The lowest BCUT2D eigenvalue weighted by Gasteiger charge is -2.05. The second-order valence-corrected chi connectivity index (χ2v) is 7.27. The van der Waals surface area contributed by atoms with Gasteiger partial charge in [0.15, 0.2) is 0 Å². The summed E-state index contributed by atoms with van der Waals surface area (Å²) in [5, 5.41) is 16.0. The highest BCUT2D eigenvalue weighted by molar-refractivity contribution is 9.10. The van der Waals surface area contributed by atoms with E-state index in [1.165, 1.54) is 42.3 Å². The smallest absolute Gasteiger partial charge is 0.117 e. The first-order chi connectivity index (χ1) is 11.2. The predicted octanol–water partition coefficient (Wildman–Crippen LogP) is 5.21. The number of nitrogens with zero attached hydrogens (tertiary/aromatic N) is 2. The fourth-order valence-electron chi connectivity index (χ4n) is 3.57. The Balaban J connectivity index is 1.78. The van der Waals surface area contributed by atoms with Crippen LogP contribution < -0.4 is 0 Å². The number of halogens is 1. The molecule has 0 saturated heterocycles. The van der Waals surface area contributed by atoms with Crippen LogP contribution in [-0.2, 0) is 6.54 Å². The third kappa shape index (κ3) is 2.88. The van der Waals surface area contributed by atoms with E-state index in [4.69, 9.17) is 5.10 Å². The molecule has 0 atom stereocenters. The van der Waals surface area contributed by atoms with Gasteiger partial charge in [0.05, 0.1) is 17.8 Å². The monoisotopic (exact) mass is 370 g/mol. The molecule has 23 heavy (non-hydrogen) atoms. The second kappa shape index (κ2) is 6.00. The molecule has 4 heteroatoms. The van der Waals surface area contributed by atoms with E-state index >= 15 is 0 Å². The minimum atomic E-state index is 0.299. The molecule has 0 radical (unpaired) electrons. The molecule has 3 aromatic rings. The molecule has 0 aliphatic heterocycles. The summed E-state index contributed by atoms with van der Waals surface area (Å²) in [6, 6.07) is 13.9. The van der Waals surface area contributed by atoms with E-state index in [0.29, 0.717) is 11.7 Å². The third-order valence-electron chi connectivity index (χ3n) is 4.75. The molecule has 0 unspecified atom stereocenters. The molecule has 3 nitrogen and oxygen atoms in total. The molecular weight excluding hydrogens is 352 g/mol. The zero-order valence-corrected chi connectivity index (χ0v) is 14.5. The van der Waals surface area contributed by atoms with Crippen molar-refractivity contribution >= 4 is 26.8 Å². The van der Waals surface area contributed by atoms with Crippen molar-refractivity contribution in [3.63, 3.8) is 0 Å². The summed E-state index contributed by atoms with van der Waals surface area (Å²) in [5.41, 5.74) is 3.43. The first-order valence-electron chi connectivity index (χ1n) is 8.14. The van der Waals surface area contributed by atoms with Gasteiger partial charge in [-0.05, 0) is 42.7 Å². The van der Waals surface area contributed by atoms with E-state index < -0.39 is 0 Å². The first-order valence-corrected chi connectivity index (χ1v) is 8.94. The maximum atomic E-state index is 9.88. The number of fused-ring (bicyclic) bond motifs is 1. The van der Waals surface area contributed by atoms with Gasteiger partial charge in [-0.2, -0.15) is 5.10 Å². The summed E-state index contributed by atoms with van der Waals surface area (Å²) in [4.78, 5) is 0. The van der Waals surface area contributed by atoms with Gasteiger partial charge in [-0.25, -0.2) is 0 Å². The quantitative estimate of drug-likeness (QED) is 0.686. The molecule has 1 heterocycles. The maximum absolute atomic E-state index is 9.88. The molecule has 4 rings (SSSR count). The SMILES string of the molecule is Oc1ccc2c(C3CCCC3)nn(Cc3ccc(Br)cc3)c2c1. The Morgan fingerprint density at radius 2 is 1.83 bits per heavy atom. The van der Waals surface area contributed by atoms with Crippen molar-refractivity contribution in [3.05, 3.63) is 58.2 Å². The van der Waals surface area contributed by atoms with Crippen LogP contribution in [0.15, 0.2) is 46.9 Å². The van der Waals surface area contributed by atoms with Crippen LogP contribution in [0.5, 0.6) is 5.75 Å². The fraction of sp³-hybridized carbons (Fsp3) is 0.316. The summed E-state index contributed by atoms with van der Waals surface area (Å²) in [7, 11) is 0. The van der Waals surface area contributed by atoms with Crippen LogP contribution in [0.25, 0.3) is 10.9 Å². The van der Waals surface area contributed by atoms with Crippen molar-refractivity contribution < 1.29 is 5.11 Å². The van der Waals surface area contributed by atoms with Gasteiger partial charge in [-0.15, -0.1) is 0 Å². The molecule has 2 aromatic carbocycles. The van der Waals surface area contributed by atoms with Crippen LogP contribution in [0.4, 0.5) is 0 Å². The molecule has 0 amide bonds. The first kappa shape index (κ1) is 14.8. The zero-order valence-electron chi connectivity index (χ0n) is 12.9. The Morgan fingerprint density at radius 1 is 1.09 bits per heavy atom. The lowest BCUT2D eigenvalue weighted by molar-refractivity contribution is 0.475. The van der Waals surface area contributed by atoms with E-state index in [9.17, 15) is 5.11 Å². The zero-order chi connectivity index (χ0) is 15.8. The molecular formula is C19H19BrN2O. The number of aromatic nitrogens is 2. The summed E-state index contributed by atoms with van der Waals surface area (Å²) >= 11 is 3.47. The van der Waals surface area contributed by atoms with Gasteiger partial charge < -0.3 is 5.11 Å². The molecule has 1 aliphatic rings. The highest BCUT2D eigenvalue weighted by Gasteiger charge is 2.23. The van der Waals surface area contributed by atoms with Gasteiger partial charge in [0.2, 0.25) is 0 Å². The molecule has 1 N–H and O–H groups in total. The number of rotatable bonds is 3. The average Bonchev–Trinajstić information content (AvgIpc) is 3.18. The van der Waals surface area contributed by atoms with Crippen molar-refractivity contribution in [1.29, 1.82) is 0 Å². The average molecular weight is 371 g/mol. The van der Waals surface area contributed by atoms with Crippen molar-refractivity contribution in [1.82, 2.24) is 9.78 Å². The Kier molecular flexibility index (Phi) is 3.85. The summed E-state index contributed by atoms with van der Waals surface area (Å²) in [6.45, 7) is 0.722. The van der Waals surface area contributed by atoms with E-state index in [1.807, 2.05) is 16.8 Å². The number of phenols is 1. The molecule has 1 aliphatic carbocycles. The lowest BCUT2D eigenvalue weighted by Crippen LogP contribution is -2.03. The molecule has 0 bridgehead atoms. The molecule has 0 spiro atoms. The summed E-state index contributed by atoms with van der Waals surface area (Å²) in [5.74, 6) is 0.862. The largest absolute Gasteiger partial charge is 0.508 e. The normalized spacial score (nSPS) is 15.5. The number of hydrogen-bond donors (Lipinski definition) is 1. The van der Waals surface area contributed by atoms with Gasteiger partial charge in [0.25, 0.3) is 0 Å². The molecule has 118 valence electrons. The maximum Gasteiger partial charge on any atom is 0.117 e. The topological polar surface area (TPSA) is 38.1 Å². The molecule has 1 aromatic heterocycles. The van der Waals surface area contributed by atoms with E-state index in [0.717, 1.165) is 16.5 Å². The molecule has 1 fully saturated rings. The van der Waals surface area contributed by atoms with Gasteiger partial charge in [0.1, 0.15) is 5.75 Å². The van der Waals surface area contributed by atoms with Gasteiger partial charge in [-0.3, -0.25) is 4.68 Å². The fourth-order valence-corrected chi connectivity index (χ4v) is 3.84. The minimum absolute atomic E-state index is 0.299. The number of hydrogen-bond acceptors (Lipinski definition) is 2. The Bertz CT molecular complexity index is 832. The van der Waals surface area contributed by atoms with E-state index in [2.05, 4.69) is 40.2 Å². The van der Waals surface area contributed by atoms with Crippen LogP contribution in [0.2, 0.25) is 0 Å². The summed E-state index contributed by atoms with van der Waals surface area (Å²) in [6.07, 6.45) is 5.05. The third-order valence-corrected chi connectivity index (χ3v) is 5.28. The van der Waals surface area contributed by atoms with Gasteiger partial charge in [-0.1, -0.05) is 40.9 Å². The Hall–Kier alpha value is -1.81. The standard InChI is InChI=1S/C19H19BrN2O/c20-15-7-5-13(6-8-15)12-22-18-11-16(23)9-10-17(18)19(21-22)14-3-1-2-4-14/h5-11,14,23H,1-4,12H2.